The van der Waals surface area contributed by atoms with Gasteiger partial charge in [-0.25, -0.2) is 4.79 Å². The minimum atomic E-state index is -0.439. The third-order valence-electron chi connectivity index (χ3n) is 5.24. The van der Waals surface area contributed by atoms with Gasteiger partial charge in [0.25, 0.3) is 0 Å². The maximum absolute atomic E-state index is 12.2. The maximum atomic E-state index is 12.2. The van der Waals surface area contributed by atoms with Gasteiger partial charge in [0, 0.05) is 26.2 Å². The lowest BCUT2D eigenvalue weighted by atomic mass is 9.76. The van der Waals surface area contributed by atoms with Crippen molar-refractivity contribution in [1.82, 2.24) is 4.90 Å². The third kappa shape index (κ3) is 5.35. The number of hydrogen-bond donors (Lipinski definition) is 1. The summed E-state index contributed by atoms with van der Waals surface area (Å²) in [4.78, 5) is 14.0. The highest BCUT2D eigenvalue weighted by molar-refractivity contribution is 5.68. The molecule has 0 radical (unpaired) electrons. The lowest BCUT2D eigenvalue weighted by molar-refractivity contribution is -0.0765. The average Bonchev–Trinajstić information content (AvgIpc) is 2.46. The Morgan fingerprint density at radius 2 is 1.91 bits per heavy atom. The summed E-state index contributed by atoms with van der Waals surface area (Å²) in [6, 6.07) is 0.351. The molecule has 5 heteroatoms. The lowest BCUT2D eigenvalue weighted by Gasteiger charge is -2.43. The zero-order valence-electron chi connectivity index (χ0n) is 15.3. The van der Waals surface area contributed by atoms with E-state index < -0.39 is 5.60 Å². The van der Waals surface area contributed by atoms with Crippen LogP contribution in [0.4, 0.5) is 4.79 Å². The molecule has 2 atom stereocenters. The van der Waals surface area contributed by atoms with E-state index in [4.69, 9.17) is 15.2 Å². The summed E-state index contributed by atoms with van der Waals surface area (Å²) >= 11 is 0. The monoisotopic (exact) mass is 326 g/mol. The maximum Gasteiger partial charge on any atom is 0.410 e. The van der Waals surface area contributed by atoms with Crippen LogP contribution in [0.5, 0.6) is 0 Å². The van der Waals surface area contributed by atoms with Crippen molar-refractivity contribution in [2.24, 2.45) is 11.7 Å². The molecular weight excluding hydrogens is 292 g/mol. The fraction of sp³-hybridized carbons (Fsp3) is 0.944. The Labute approximate surface area is 140 Å². The van der Waals surface area contributed by atoms with Gasteiger partial charge in [0.05, 0.1) is 5.60 Å². The van der Waals surface area contributed by atoms with Crippen LogP contribution in [0.2, 0.25) is 0 Å². The van der Waals surface area contributed by atoms with Crippen molar-refractivity contribution in [2.75, 3.05) is 20.2 Å². The molecule has 2 rings (SSSR count). The molecule has 0 spiro atoms. The molecule has 1 heterocycles. The summed E-state index contributed by atoms with van der Waals surface area (Å²) in [5.41, 5.74) is 5.59. The first-order valence-corrected chi connectivity index (χ1v) is 9.02. The van der Waals surface area contributed by atoms with Crippen molar-refractivity contribution < 1.29 is 14.3 Å². The van der Waals surface area contributed by atoms with Gasteiger partial charge < -0.3 is 20.1 Å². The third-order valence-corrected chi connectivity index (χ3v) is 5.24. The van der Waals surface area contributed by atoms with E-state index in [0.29, 0.717) is 25.0 Å². The lowest BCUT2D eigenvalue weighted by Crippen LogP contribution is -2.50. The van der Waals surface area contributed by atoms with Crippen LogP contribution in [0.25, 0.3) is 0 Å². The number of carbonyl (C=O) groups excluding carboxylic acids is 1. The van der Waals surface area contributed by atoms with Crippen LogP contribution in [0.15, 0.2) is 0 Å². The molecule has 23 heavy (non-hydrogen) atoms. The molecule has 1 aliphatic carbocycles. The van der Waals surface area contributed by atoms with Gasteiger partial charge in [-0.1, -0.05) is 12.8 Å². The molecular formula is C18H34N2O3. The fourth-order valence-electron chi connectivity index (χ4n) is 3.96. The summed E-state index contributed by atoms with van der Waals surface area (Å²) in [5.74, 6) is 0.659. The Morgan fingerprint density at radius 3 is 2.43 bits per heavy atom. The van der Waals surface area contributed by atoms with E-state index in [0.717, 1.165) is 32.1 Å². The van der Waals surface area contributed by atoms with E-state index >= 15 is 0 Å². The topological polar surface area (TPSA) is 64.8 Å². The molecule has 2 aliphatic rings. The van der Waals surface area contributed by atoms with Crippen LogP contribution in [-0.2, 0) is 9.47 Å². The van der Waals surface area contributed by atoms with E-state index in [9.17, 15) is 4.79 Å². The van der Waals surface area contributed by atoms with Gasteiger partial charge in [-0.3, -0.25) is 0 Å². The molecule has 0 unspecified atom stereocenters. The molecule has 1 saturated carbocycles. The summed E-state index contributed by atoms with van der Waals surface area (Å²) in [6.45, 7) is 7.13. The van der Waals surface area contributed by atoms with E-state index in [2.05, 4.69) is 0 Å². The second-order valence-electron chi connectivity index (χ2n) is 8.35. The Hall–Kier alpha value is -0.810. The molecule has 0 aromatic heterocycles. The van der Waals surface area contributed by atoms with Crippen LogP contribution in [0.3, 0.4) is 0 Å². The highest BCUT2D eigenvalue weighted by Crippen LogP contribution is 2.37. The van der Waals surface area contributed by atoms with Crippen molar-refractivity contribution in [1.29, 1.82) is 0 Å². The van der Waals surface area contributed by atoms with Crippen LogP contribution < -0.4 is 5.73 Å². The van der Waals surface area contributed by atoms with Gasteiger partial charge >= 0.3 is 6.09 Å². The number of hydrogen-bond acceptors (Lipinski definition) is 4. The number of amides is 1. The second-order valence-corrected chi connectivity index (χ2v) is 8.35. The summed E-state index contributed by atoms with van der Waals surface area (Å²) in [5, 5.41) is 0. The molecule has 0 aromatic rings. The number of carbonyl (C=O) groups is 1. The normalized spacial score (nSPS) is 28.5. The second kappa shape index (κ2) is 7.39. The average molecular weight is 326 g/mol. The molecule has 2 fully saturated rings. The van der Waals surface area contributed by atoms with Crippen molar-refractivity contribution in [3.8, 4) is 0 Å². The Bertz CT molecular complexity index is 398. The van der Waals surface area contributed by atoms with Crippen LogP contribution >= 0.6 is 0 Å². The smallest absolute Gasteiger partial charge is 0.410 e. The van der Waals surface area contributed by atoms with Gasteiger partial charge in [-0.2, -0.15) is 0 Å². The summed E-state index contributed by atoms with van der Waals surface area (Å²) < 4.78 is 11.4. The zero-order valence-corrected chi connectivity index (χ0v) is 15.3. The number of ether oxygens (including phenoxy) is 2. The predicted molar refractivity (Wildman–Crippen MR) is 91.3 cm³/mol. The predicted octanol–water partition coefficient (Wildman–Crippen LogP) is 3.31. The van der Waals surface area contributed by atoms with Gasteiger partial charge in [0.15, 0.2) is 0 Å². The first kappa shape index (κ1) is 18.5. The molecule has 1 saturated heterocycles. The van der Waals surface area contributed by atoms with Gasteiger partial charge in [-0.15, -0.1) is 0 Å². The molecule has 5 nitrogen and oxygen atoms in total. The van der Waals surface area contributed by atoms with E-state index in [1.807, 2.05) is 32.8 Å². The van der Waals surface area contributed by atoms with E-state index in [1.165, 1.54) is 12.8 Å². The molecule has 1 aliphatic heterocycles. The van der Waals surface area contributed by atoms with Crippen LogP contribution in [0.1, 0.15) is 65.7 Å². The van der Waals surface area contributed by atoms with E-state index in [-0.39, 0.29) is 11.7 Å². The highest BCUT2D eigenvalue weighted by atomic mass is 16.6. The summed E-state index contributed by atoms with van der Waals surface area (Å²) in [7, 11) is 1.81. The molecule has 2 N–H and O–H groups in total. The van der Waals surface area contributed by atoms with Gasteiger partial charge in [0.1, 0.15) is 5.60 Å². The highest BCUT2D eigenvalue weighted by Gasteiger charge is 2.39. The zero-order chi connectivity index (χ0) is 17.1. The van der Waals surface area contributed by atoms with Crippen molar-refractivity contribution in [2.45, 2.75) is 83.0 Å². The summed E-state index contributed by atoms with van der Waals surface area (Å²) in [6.07, 6.45) is 7.39. The number of rotatable bonds is 3. The fourth-order valence-corrected chi connectivity index (χ4v) is 3.96. The van der Waals surface area contributed by atoms with Crippen molar-refractivity contribution in [3.05, 3.63) is 0 Å². The Balaban J connectivity index is 1.87. The molecule has 0 aromatic carbocycles. The number of methoxy groups -OCH3 is 1. The number of nitrogens with zero attached hydrogens (tertiary/aromatic N) is 1. The number of nitrogens with two attached hydrogens (primary N) is 1. The van der Waals surface area contributed by atoms with E-state index in [1.54, 1.807) is 0 Å². The SMILES string of the molecule is COC1(C[C@@H]2CCC[C@H](N)C2)CCN(C(=O)OC(C)(C)C)CC1. The quantitative estimate of drug-likeness (QED) is 0.864. The molecule has 0 bridgehead atoms. The number of piperidine rings is 1. The minimum absolute atomic E-state index is 0.0970. The first-order chi connectivity index (χ1) is 10.7. The Morgan fingerprint density at radius 1 is 1.26 bits per heavy atom. The standard InChI is InChI=1S/C18H34N2O3/c1-17(2,3)23-16(21)20-10-8-18(22-4,9-11-20)13-14-6-5-7-15(19)12-14/h14-15H,5-13,19H2,1-4H3/t14-,15+/m1/s1. The molecule has 134 valence electrons. The largest absolute Gasteiger partial charge is 0.444 e. The first-order valence-electron chi connectivity index (χ1n) is 9.02. The Kier molecular flexibility index (Phi) is 5.95. The van der Waals surface area contributed by atoms with Gasteiger partial charge in [0.2, 0.25) is 0 Å². The van der Waals surface area contributed by atoms with Crippen LogP contribution in [0, 0.1) is 5.92 Å². The van der Waals surface area contributed by atoms with Gasteiger partial charge in [-0.05, 0) is 58.8 Å². The van der Waals surface area contributed by atoms with Crippen LogP contribution in [-0.4, -0.2) is 48.4 Å². The van der Waals surface area contributed by atoms with Crippen molar-refractivity contribution >= 4 is 6.09 Å². The van der Waals surface area contributed by atoms with Crippen molar-refractivity contribution in [3.63, 3.8) is 0 Å². The molecule has 1 amide bonds. The number of likely N-dealkylation sites (tertiary alicyclic amines) is 1. The minimum Gasteiger partial charge on any atom is -0.444 e.